The highest BCUT2D eigenvalue weighted by Gasteiger charge is 2.20. The maximum atomic E-state index is 12.0. The molecule has 0 unspecified atom stereocenters. The summed E-state index contributed by atoms with van der Waals surface area (Å²) < 4.78 is 0. The van der Waals surface area contributed by atoms with Gasteiger partial charge in [-0.1, -0.05) is 26.0 Å². The highest BCUT2D eigenvalue weighted by molar-refractivity contribution is 7.14. The van der Waals surface area contributed by atoms with Crippen molar-refractivity contribution in [2.45, 2.75) is 26.8 Å². The summed E-state index contributed by atoms with van der Waals surface area (Å²) in [6, 6.07) is 12.3. The van der Waals surface area contributed by atoms with E-state index in [2.05, 4.69) is 49.0 Å². The Bertz CT molecular complexity index is 810. The fourth-order valence-electron chi connectivity index (χ4n) is 3.44. The molecule has 2 heterocycles. The molecule has 0 spiro atoms. The molecule has 2 aromatic rings. The van der Waals surface area contributed by atoms with Gasteiger partial charge in [0.15, 0.2) is 5.96 Å². The first-order valence-electron chi connectivity index (χ1n) is 10.2. The third kappa shape index (κ3) is 6.22. The second kappa shape index (κ2) is 10.3. The van der Waals surface area contributed by atoms with Gasteiger partial charge >= 0.3 is 0 Å². The van der Waals surface area contributed by atoms with Gasteiger partial charge in [0.25, 0.3) is 0 Å². The number of benzene rings is 1. The van der Waals surface area contributed by atoms with Gasteiger partial charge < -0.3 is 20.4 Å². The molecule has 1 amide bonds. The van der Waals surface area contributed by atoms with Crippen molar-refractivity contribution < 1.29 is 4.79 Å². The monoisotopic (exact) mass is 413 g/mol. The van der Waals surface area contributed by atoms with Crippen LogP contribution in [0.1, 0.15) is 25.8 Å². The summed E-state index contributed by atoms with van der Waals surface area (Å²) in [5.41, 5.74) is 1.96. The van der Waals surface area contributed by atoms with Crippen molar-refractivity contribution in [1.29, 1.82) is 0 Å². The van der Waals surface area contributed by atoms with Gasteiger partial charge in [-0.05, 0) is 41.1 Å². The summed E-state index contributed by atoms with van der Waals surface area (Å²) in [6.45, 7) is 8.66. The van der Waals surface area contributed by atoms with E-state index in [1.165, 1.54) is 5.00 Å². The smallest absolute Gasteiger partial charge is 0.224 e. The van der Waals surface area contributed by atoms with E-state index >= 15 is 0 Å². The van der Waals surface area contributed by atoms with Gasteiger partial charge in [-0.15, -0.1) is 11.3 Å². The zero-order valence-corrected chi connectivity index (χ0v) is 18.3. The molecule has 6 nitrogen and oxygen atoms in total. The van der Waals surface area contributed by atoms with E-state index in [0.717, 1.165) is 43.4 Å². The van der Waals surface area contributed by atoms with E-state index in [9.17, 15) is 4.79 Å². The molecule has 7 heteroatoms. The molecule has 0 radical (unpaired) electrons. The van der Waals surface area contributed by atoms with Crippen molar-refractivity contribution in [2.75, 3.05) is 43.4 Å². The predicted molar refractivity (Wildman–Crippen MR) is 123 cm³/mol. The van der Waals surface area contributed by atoms with Crippen LogP contribution >= 0.6 is 11.3 Å². The van der Waals surface area contributed by atoms with E-state index in [1.54, 1.807) is 11.3 Å². The number of guanidine groups is 1. The van der Waals surface area contributed by atoms with Crippen molar-refractivity contribution in [1.82, 2.24) is 10.2 Å². The average molecular weight is 414 g/mol. The Labute approximate surface area is 177 Å². The molecule has 0 bridgehead atoms. The number of anilines is 2. The summed E-state index contributed by atoms with van der Waals surface area (Å²) in [7, 11) is 1.83. The summed E-state index contributed by atoms with van der Waals surface area (Å²) in [4.78, 5) is 21.2. The average Bonchev–Trinajstić information content (AvgIpc) is 3.23. The van der Waals surface area contributed by atoms with Crippen molar-refractivity contribution in [3.05, 3.63) is 47.3 Å². The minimum Gasteiger partial charge on any atom is -0.360 e. The normalized spacial score (nSPS) is 15.0. The van der Waals surface area contributed by atoms with Crippen LogP contribution in [0.3, 0.4) is 0 Å². The van der Waals surface area contributed by atoms with Crippen LogP contribution in [0.4, 0.5) is 10.7 Å². The molecule has 0 saturated carbocycles. The first-order chi connectivity index (χ1) is 14.0. The third-order valence-electron chi connectivity index (χ3n) is 4.86. The molecule has 1 fully saturated rings. The molecule has 1 aliphatic heterocycles. The largest absolute Gasteiger partial charge is 0.360 e. The Kier molecular flexibility index (Phi) is 7.52. The third-order valence-corrected chi connectivity index (χ3v) is 5.79. The highest BCUT2D eigenvalue weighted by atomic mass is 32.1. The Morgan fingerprint density at radius 2 is 1.97 bits per heavy atom. The molecule has 1 aliphatic rings. The minimum atomic E-state index is 0.0598. The number of carbonyl (C=O) groups excluding carboxylic acids is 1. The summed E-state index contributed by atoms with van der Waals surface area (Å²) >= 11 is 1.79. The van der Waals surface area contributed by atoms with Gasteiger partial charge in [0, 0.05) is 51.9 Å². The van der Waals surface area contributed by atoms with Gasteiger partial charge in [-0.2, -0.15) is 0 Å². The SMILES string of the molecule is CN=C(NCc1cccc(NC(=O)CC(C)C)c1)N1CCN(c2cccs2)CC1. The van der Waals surface area contributed by atoms with Crippen LogP contribution in [0, 0.1) is 5.92 Å². The molecule has 1 aromatic heterocycles. The van der Waals surface area contributed by atoms with Gasteiger partial charge in [0.05, 0.1) is 5.00 Å². The number of nitrogens with zero attached hydrogens (tertiary/aromatic N) is 3. The van der Waals surface area contributed by atoms with Crippen molar-refractivity contribution in [2.24, 2.45) is 10.9 Å². The van der Waals surface area contributed by atoms with Crippen molar-refractivity contribution in [3.63, 3.8) is 0 Å². The molecule has 29 heavy (non-hydrogen) atoms. The zero-order chi connectivity index (χ0) is 20.6. The Hall–Kier alpha value is -2.54. The molecule has 1 saturated heterocycles. The van der Waals surface area contributed by atoms with Crippen LogP contribution in [-0.4, -0.2) is 50.0 Å². The van der Waals surface area contributed by atoms with E-state index in [0.29, 0.717) is 18.9 Å². The fourth-order valence-corrected chi connectivity index (χ4v) is 4.23. The lowest BCUT2D eigenvalue weighted by atomic mass is 10.1. The standard InChI is InChI=1S/C22H31N5OS/c1-17(2)14-20(28)25-19-7-4-6-18(15-19)16-24-22(23-3)27-11-9-26(10-12-27)21-8-5-13-29-21/h4-8,13,15,17H,9-12,14,16H2,1-3H3,(H,23,24)(H,25,28). The Balaban J connectivity index is 1.51. The quantitative estimate of drug-likeness (QED) is 0.561. The highest BCUT2D eigenvalue weighted by Crippen LogP contribution is 2.22. The van der Waals surface area contributed by atoms with Gasteiger partial charge in [-0.3, -0.25) is 9.79 Å². The number of hydrogen-bond acceptors (Lipinski definition) is 4. The second-order valence-electron chi connectivity index (χ2n) is 7.67. The Morgan fingerprint density at radius 1 is 1.17 bits per heavy atom. The fraction of sp³-hybridized carbons (Fsp3) is 0.455. The molecule has 0 aliphatic carbocycles. The minimum absolute atomic E-state index is 0.0598. The molecule has 2 N–H and O–H groups in total. The number of piperazine rings is 1. The second-order valence-corrected chi connectivity index (χ2v) is 8.60. The summed E-state index contributed by atoms with van der Waals surface area (Å²) in [5.74, 6) is 1.33. The van der Waals surface area contributed by atoms with Crippen LogP contribution < -0.4 is 15.5 Å². The molecule has 156 valence electrons. The molecule has 0 atom stereocenters. The number of thiophene rings is 1. The number of nitrogens with one attached hydrogen (secondary N) is 2. The van der Waals surface area contributed by atoms with Gasteiger partial charge in [0.2, 0.25) is 5.91 Å². The molecule has 1 aromatic carbocycles. The topological polar surface area (TPSA) is 60.0 Å². The van der Waals surface area contributed by atoms with E-state index < -0.39 is 0 Å². The lowest BCUT2D eigenvalue weighted by Crippen LogP contribution is -2.52. The van der Waals surface area contributed by atoms with Crippen LogP contribution in [0.5, 0.6) is 0 Å². The maximum absolute atomic E-state index is 12.0. The van der Waals surface area contributed by atoms with E-state index in [-0.39, 0.29) is 5.91 Å². The lowest BCUT2D eigenvalue weighted by Gasteiger charge is -2.37. The van der Waals surface area contributed by atoms with E-state index in [1.807, 2.05) is 39.1 Å². The zero-order valence-electron chi connectivity index (χ0n) is 17.5. The predicted octanol–water partition coefficient (Wildman–Crippen LogP) is 3.63. The number of amides is 1. The molecule has 3 rings (SSSR count). The molecular weight excluding hydrogens is 382 g/mol. The van der Waals surface area contributed by atoms with Crippen molar-refractivity contribution >= 4 is 33.9 Å². The van der Waals surface area contributed by atoms with Gasteiger partial charge in [0.1, 0.15) is 0 Å². The number of aliphatic imine (C=N–C) groups is 1. The summed E-state index contributed by atoms with van der Waals surface area (Å²) in [6.07, 6.45) is 0.534. The number of hydrogen-bond donors (Lipinski definition) is 2. The number of carbonyl (C=O) groups is 1. The maximum Gasteiger partial charge on any atom is 0.224 e. The summed E-state index contributed by atoms with van der Waals surface area (Å²) in [5, 5.41) is 9.91. The van der Waals surface area contributed by atoms with Crippen LogP contribution in [0.25, 0.3) is 0 Å². The first kappa shape index (κ1) is 21.2. The van der Waals surface area contributed by atoms with E-state index in [4.69, 9.17) is 0 Å². The van der Waals surface area contributed by atoms with Gasteiger partial charge in [-0.25, -0.2) is 0 Å². The number of rotatable bonds is 6. The van der Waals surface area contributed by atoms with Crippen LogP contribution in [0.2, 0.25) is 0 Å². The Morgan fingerprint density at radius 3 is 2.62 bits per heavy atom. The lowest BCUT2D eigenvalue weighted by molar-refractivity contribution is -0.116. The van der Waals surface area contributed by atoms with Crippen LogP contribution in [-0.2, 0) is 11.3 Å². The van der Waals surface area contributed by atoms with Crippen LogP contribution in [0.15, 0.2) is 46.8 Å². The molecular formula is C22H31N5OS. The van der Waals surface area contributed by atoms with Crippen molar-refractivity contribution in [3.8, 4) is 0 Å². The first-order valence-corrected chi connectivity index (χ1v) is 11.1.